The summed E-state index contributed by atoms with van der Waals surface area (Å²) >= 11 is 0. The van der Waals surface area contributed by atoms with Crippen molar-refractivity contribution in [2.45, 2.75) is 58.9 Å². The second kappa shape index (κ2) is 8.05. The Balaban J connectivity index is 2.57. The van der Waals surface area contributed by atoms with Crippen LogP contribution in [0.1, 0.15) is 57.6 Å². The van der Waals surface area contributed by atoms with E-state index in [-0.39, 0.29) is 0 Å². The minimum atomic E-state index is -0.453. The van der Waals surface area contributed by atoms with Gasteiger partial charge < -0.3 is 4.74 Å². The van der Waals surface area contributed by atoms with Gasteiger partial charge in [-0.15, -0.1) is 0 Å². The normalized spacial score (nSPS) is 13.8. The Labute approximate surface area is 129 Å². The average Bonchev–Trinajstić information content (AvgIpc) is 2.44. The first-order valence-corrected chi connectivity index (χ1v) is 7.81. The van der Waals surface area contributed by atoms with Gasteiger partial charge in [0.2, 0.25) is 0 Å². The van der Waals surface area contributed by atoms with Gasteiger partial charge >= 0.3 is 0 Å². The van der Waals surface area contributed by atoms with Gasteiger partial charge in [0.1, 0.15) is 11.3 Å². The molecule has 0 aromatic heterocycles. The van der Waals surface area contributed by atoms with Crippen LogP contribution in [0.5, 0.6) is 5.75 Å². The van der Waals surface area contributed by atoms with Crippen LogP contribution in [-0.2, 0) is 0 Å². The number of aryl methyl sites for hydroxylation is 1. The van der Waals surface area contributed by atoms with Crippen LogP contribution in [0.25, 0.3) is 0 Å². The lowest BCUT2D eigenvalue weighted by atomic mass is 9.98. The Hall–Kier alpha value is -1.53. The summed E-state index contributed by atoms with van der Waals surface area (Å²) in [5, 5.41) is 12.5. The van der Waals surface area contributed by atoms with E-state index >= 15 is 0 Å². The number of ether oxygens (including phenoxy) is 1. The van der Waals surface area contributed by atoms with Gasteiger partial charge in [0.15, 0.2) is 0 Å². The first-order valence-electron chi connectivity index (χ1n) is 7.81. The number of hydrogen-bond acceptors (Lipinski definition) is 3. The molecule has 0 spiro atoms. The minimum absolute atomic E-state index is 0.451. The molecule has 1 unspecified atom stereocenters. The highest BCUT2D eigenvalue weighted by Crippen LogP contribution is 2.27. The SMILES string of the molecule is CCNC(C)(C#N)CCCOc1cc(C)ccc1C(C)C. The van der Waals surface area contributed by atoms with Crippen molar-refractivity contribution >= 4 is 0 Å². The standard InChI is InChI=1S/C18H28N2O/c1-6-20-18(5,13-19)10-7-11-21-17-12-15(4)8-9-16(17)14(2)3/h8-9,12,14,20H,6-7,10-11H2,1-5H3. The zero-order chi connectivity index (χ0) is 15.9. The van der Waals surface area contributed by atoms with Crippen molar-refractivity contribution in [3.8, 4) is 11.8 Å². The number of nitriles is 1. The summed E-state index contributed by atoms with van der Waals surface area (Å²) in [5.41, 5.74) is 2.00. The van der Waals surface area contributed by atoms with Crippen molar-refractivity contribution in [1.29, 1.82) is 5.26 Å². The van der Waals surface area contributed by atoms with Crippen molar-refractivity contribution in [2.75, 3.05) is 13.2 Å². The number of nitrogens with zero attached hydrogens (tertiary/aromatic N) is 1. The molecule has 0 amide bonds. The molecule has 3 heteroatoms. The zero-order valence-electron chi connectivity index (χ0n) is 14.0. The third kappa shape index (κ3) is 5.40. The third-order valence-electron chi connectivity index (χ3n) is 3.68. The van der Waals surface area contributed by atoms with Crippen LogP contribution in [0, 0.1) is 18.3 Å². The third-order valence-corrected chi connectivity index (χ3v) is 3.68. The Morgan fingerprint density at radius 2 is 2.10 bits per heavy atom. The van der Waals surface area contributed by atoms with Gasteiger partial charge in [0.25, 0.3) is 0 Å². The van der Waals surface area contributed by atoms with E-state index in [1.165, 1.54) is 11.1 Å². The summed E-state index contributed by atoms with van der Waals surface area (Å²) in [6.45, 7) is 11.8. The maximum absolute atomic E-state index is 9.23. The number of rotatable bonds is 8. The van der Waals surface area contributed by atoms with Crippen molar-refractivity contribution in [2.24, 2.45) is 0 Å². The maximum atomic E-state index is 9.23. The highest BCUT2D eigenvalue weighted by molar-refractivity contribution is 5.39. The molecule has 1 aromatic rings. The fourth-order valence-corrected chi connectivity index (χ4v) is 2.43. The van der Waals surface area contributed by atoms with Crippen LogP contribution in [0.3, 0.4) is 0 Å². The summed E-state index contributed by atoms with van der Waals surface area (Å²) in [4.78, 5) is 0. The average molecular weight is 288 g/mol. The Kier molecular flexibility index (Phi) is 6.71. The summed E-state index contributed by atoms with van der Waals surface area (Å²) in [7, 11) is 0. The first kappa shape index (κ1) is 17.5. The van der Waals surface area contributed by atoms with E-state index in [2.05, 4.69) is 50.4 Å². The second-order valence-corrected chi connectivity index (χ2v) is 6.12. The van der Waals surface area contributed by atoms with E-state index in [1.54, 1.807) is 0 Å². The lowest BCUT2D eigenvalue weighted by molar-refractivity contribution is 0.283. The molecule has 0 saturated carbocycles. The van der Waals surface area contributed by atoms with Gasteiger partial charge in [-0.3, -0.25) is 5.32 Å². The van der Waals surface area contributed by atoms with Crippen LogP contribution in [-0.4, -0.2) is 18.7 Å². The van der Waals surface area contributed by atoms with E-state index in [1.807, 2.05) is 13.8 Å². The first-order chi connectivity index (χ1) is 9.91. The van der Waals surface area contributed by atoms with Crippen molar-refractivity contribution in [1.82, 2.24) is 5.32 Å². The molecule has 0 bridgehead atoms. The molecule has 0 aliphatic rings. The maximum Gasteiger partial charge on any atom is 0.122 e. The molecule has 0 fully saturated rings. The molecule has 0 aliphatic heterocycles. The van der Waals surface area contributed by atoms with E-state index in [0.29, 0.717) is 12.5 Å². The van der Waals surface area contributed by atoms with Gasteiger partial charge in [0, 0.05) is 0 Å². The second-order valence-electron chi connectivity index (χ2n) is 6.12. The summed E-state index contributed by atoms with van der Waals surface area (Å²) in [6, 6.07) is 8.72. The summed E-state index contributed by atoms with van der Waals surface area (Å²) in [6.07, 6.45) is 1.66. The zero-order valence-corrected chi connectivity index (χ0v) is 14.0. The van der Waals surface area contributed by atoms with Crippen molar-refractivity contribution in [3.63, 3.8) is 0 Å². The molecule has 116 valence electrons. The lowest BCUT2D eigenvalue weighted by Gasteiger charge is -2.22. The molecule has 1 N–H and O–H groups in total. The predicted octanol–water partition coefficient (Wildman–Crippen LogP) is 4.17. The van der Waals surface area contributed by atoms with Gasteiger partial charge in [-0.1, -0.05) is 32.9 Å². The van der Waals surface area contributed by atoms with Gasteiger partial charge in [-0.2, -0.15) is 5.26 Å². The molecule has 1 aromatic carbocycles. The smallest absolute Gasteiger partial charge is 0.122 e. The van der Waals surface area contributed by atoms with Crippen LogP contribution < -0.4 is 10.1 Å². The fourth-order valence-electron chi connectivity index (χ4n) is 2.43. The van der Waals surface area contributed by atoms with Crippen LogP contribution >= 0.6 is 0 Å². The van der Waals surface area contributed by atoms with E-state index in [0.717, 1.165) is 25.1 Å². The molecule has 1 atom stereocenters. The van der Waals surface area contributed by atoms with Gasteiger partial charge in [-0.05, 0) is 56.3 Å². The highest BCUT2D eigenvalue weighted by atomic mass is 16.5. The molecule has 0 aliphatic carbocycles. The Morgan fingerprint density at radius 3 is 2.67 bits per heavy atom. The van der Waals surface area contributed by atoms with Crippen LogP contribution in [0.4, 0.5) is 0 Å². The molecule has 0 radical (unpaired) electrons. The van der Waals surface area contributed by atoms with Crippen LogP contribution in [0.15, 0.2) is 18.2 Å². The molecule has 21 heavy (non-hydrogen) atoms. The van der Waals surface area contributed by atoms with E-state index in [9.17, 15) is 5.26 Å². The van der Waals surface area contributed by atoms with Gasteiger partial charge in [0.05, 0.1) is 12.7 Å². The monoisotopic (exact) mass is 288 g/mol. The molecule has 0 saturated heterocycles. The molecular weight excluding hydrogens is 260 g/mol. The fraction of sp³-hybridized carbons (Fsp3) is 0.611. The van der Waals surface area contributed by atoms with Gasteiger partial charge in [-0.25, -0.2) is 0 Å². The molecule has 0 heterocycles. The Bertz CT molecular complexity index is 490. The molecule has 1 rings (SSSR count). The van der Waals surface area contributed by atoms with E-state index < -0.39 is 5.54 Å². The topological polar surface area (TPSA) is 45.0 Å². The number of nitrogens with one attached hydrogen (secondary N) is 1. The quantitative estimate of drug-likeness (QED) is 0.730. The summed E-state index contributed by atoms with van der Waals surface area (Å²) in [5.74, 6) is 1.43. The molecular formula is C18H28N2O. The number of hydrogen-bond donors (Lipinski definition) is 1. The largest absolute Gasteiger partial charge is 0.493 e. The summed E-state index contributed by atoms with van der Waals surface area (Å²) < 4.78 is 5.96. The number of benzene rings is 1. The lowest BCUT2D eigenvalue weighted by Crippen LogP contribution is -2.40. The highest BCUT2D eigenvalue weighted by Gasteiger charge is 2.21. The van der Waals surface area contributed by atoms with Crippen LogP contribution in [0.2, 0.25) is 0 Å². The molecule has 3 nitrogen and oxygen atoms in total. The van der Waals surface area contributed by atoms with E-state index in [4.69, 9.17) is 4.74 Å². The Morgan fingerprint density at radius 1 is 1.38 bits per heavy atom. The minimum Gasteiger partial charge on any atom is -0.493 e. The van der Waals surface area contributed by atoms with Crippen molar-refractivity contribution in [3.05, 3.63) is 29.3 Å². The van der Waals surface area contributed by atoms with Crippen molar-refractivity contribution < 1.29 is 4.74 Å². The predicted molar refractivity (Wildman–Crippen MR) is 87.7 cm³/mol.